The van der Waals surface area contributed by atoms with Crippen molar-refractivity contribution < 1.29 is 9.90 Å². The standard InChI is InChI=1S/C16H20N4O2/c1-3-16(22)10-19(11-16)15(21)18-14-8-9-17-20(14)13-7-5-4-6-12(13)2/h4-9,22H,3,10-11H2,1-2H3,(H,18,21). The van der Waals surface area contributed by atoms with Gasteiger partial charge in [0, 0.05) is 6.07 Å². The molecule has 6 nitrogen and oxygen atoms in total. The lowest BCUT2D eigenvalue weighted by atomic mass is 9.92. The van der Waals surface area contributed by atoms with E-state index >= 15 is 0 Å². The number of urea groups is 1. The molecule has 1 saturated heterocycles. The Morgan fingerprint density at radius 1 is 1.36 bits per heavy atom. The normalized spacial score (nSPS) is 16.2. The van der Waals surface area contributed by atoms with Gasteiger partial charge in [-0.05, 0) is 25.0 Å². The van der Waals surface area contributed by atoms with Gasteiger partial charge in [0.2, 0.25) is 0 Å². The molecule has 1 fully saturated rings. The van der Waals surface area contributed by atoms with Crippen molar-refractivity contribution in [2.75, 3.05) is 18.4 Å². The molecule has 0 atom stereocenters. The Morgan fingerprint density at radius 2 is 2.09 bits per heavy atom. The van der Waals surface area contributed by atoms with Crippen LogP contribution in [-0.4, -0.2) is 44.5 Å². The summed E-state index contributed by atoms with van der Waals surface area (Å²) in [7, 11) is 0. The van der Waals surface area contributed by atoms with Crippen LogP contribution in [0.2, 0.25) is 0 Å². The summed E-state index contributed by atoms with van der Waals surface area (Å²) in [6, 6.07) is 9.40. The Bertz CT molecular complexity index is 689. The van der Waals surface area contributed by atoms with E-state index in [4.69, 9.17) is 0 Å². The second kappa shape index (κ2) is 5.46. The number of anilines is 1. The van der Waals surface area contributed by atoms with Gasteiger partial charge in [-0.15, -0.1) is 0 Å². The largest absolute Gasteiger partial charge is 0.386 e. The number of nitrogens with zero attached hydrogens (tertiary/aromatic N) is 3. The minimum atomic E-state index is -0.729. The lowest BCUT2D eigenvalue weighted by molar-refractivity contribution is -0.0755. The molecule has 116 valence electrons. The zero-order valence-corrected chi connectivity index (χ0v) is 12.8. The van der Waals surface area contributed by atoms with Crippen LogP contribution in [-0.2, 0) is 0 Å². The molecule has 3 rings (SSSR count). The third kappa shape index (κ3) is 2.57. The van der Waals surface area contributed by atoms with E-state index in [1.54, 1.807) is 21.8 Å². The minimum absolute atomic E-state index is 0.214. The quantitative estimate of drug-likeness (QED) is 0.912. The van der Waals surface area contributed by atoms with Crippen molar-refractivity contribution in [1.29, 1.82) is 0 Å². The number of aromatic nitrogens is 2. The third-order valence-corrected chi connectivity index (χ3v) is 4.14. The van der Waals surface area contributed by atoms with E-state index in [1.807, 2.05) is 38.1 Å². The molecule has 2 amide bonds. The highest BCUT2D eigenvalue weighted by atomic mass is 16.3. The fraction of sp³-hybridized carbons (Fsp3) is 0.375. The third-order valence-electron chi connectivity index (χ3n) is 4.14. The van der Waals surface area contributed by atoms with Crippen molar-refractivity contribution in [2.24, 2.45) is 0 Å². The molecule has 22 heavy (non-hydrogen) atoms. The first kappa shape index (κ1) is 14.6. The maximum absolute atomic E-state index is 12.2. The van der Waals surface area contributed by atoms with Crippen LogP contribution in [0, 0.1) is 6.92 Å². The molecule has 1 aliphatic heterocycles. The maximum Gasteiger partial charge on any atom is 0.323 e. The Balaban J connectivity index is 1.74. The minimum Gasteiger partial charge on any atom is -0.386 e. The SMILES string of the molecule is CCC1(O)CN(C(=O)Nc2ccnn2-c2ccccc2C)C1. The first-order valence-corrected chi connectivity index (χ1v) is 7.41. The number of hydrogen-bond donors (Lipinski definition) is 2. The van der Waals surface area contributed by atoms with Crippen LogP contribution < -0.4 is 5.32 Å². The van der Waals surface area contributed by atoms with Gasteiger partial charge in [0.15, 0.2) is 0 Å². The van der Waals surface area contributed by atoms with Crippen molar-refractivity contribution in [3.8, 4) is 5.69 Å². The molecule has 0 radical (unpaired) electrons. The smallest absolute Gasteiger partial charge is 0.323 e. The number of nitrogens with one attached hydrogen (secondary N) is 1. The number of hydrogen-bond acceptors (Lipinski definition) is 3. The molecule has 0 bridgehead atoms. The average molecular weight is 300 g/mol. The van der Waals surface area contributed by atoms with Gasteiger partial charge < -0.3 is 10.0 Å². The summed E-state index contributed by atoms with van der Waals surface area (Å²) in [4.78, 5) is 13.8. The van der Waals surface area contributed by atoms with Gasteiger partial charge in [0.05, 0.1) is 30.6 Å². The van der Waals surface area contributed by atoms with E-state index in [-0.39, 0.29) is 6.03 Å². The highest BCUT2D eigenvalue weighted by Crippen LogP contribution is 2.25. The lowest BCUT2D eigenvalue weighted by Gasteiger charge is -2.45. The van der Waals surface area contributed by atoms with E-state index in [2.05, 4.69) is 10.4 Å². The van der Waals surface area contributed by atoms with E-state index in [1.165, 1.54) is 0 Å². The van der Waals surface area contributed by atoms with Gasteiger partial charge in [-0.2, -0.15) is 5.10 Å². The van der Waals surface area contributed by atoms with Crippen molar-refractivity contribution in [3.63, 3.8) is 0 Å². The van der Waals surface area contributed by atoms with Gasteiger partial charge >= 0.3 is 6.03 Å². The monoisotopic (exact) mass is 300 g/mol. The molecule has 0 unspecified atom stereocenters. The number of aryl methyl sites for hydroxylation is 1. The van der Waals surface area contributed by atoms with Crippen LogP contribution in [0.15, 0.2) is 36.5 Å². The van der Waals surface area contributed by atoms with Gasteiger partial charge in [0.25, 0.3) is 0 Å². The van der Waals surface area contributed by atoms with Gasteiger partial charge in [-0.1, -0.05) is 25.1 Å². The number of β-amino-alcohol motifs (C(OH)–C–C–N with tert-alkyl or cyclic N) is 1. The Hall–Kier alpha value is -2.34. The van der Waals surface area contributed by atoms with Crippen LogP contribution in [0.1, 0.15) is 18.9 Å². The van der Waals surface area contributed by atoms with Crippen molar-refractivity contribution >= 4 is 11.8 Å². The van der Waals surface area contributed by atoms with Crippen LogP contribution in [0.3, 0.4) is 0 Å². The summed E-state index contributed by atoms with van der Waals surface area (Å²) < 4.78 is 1.71. The molecule has 2 heterocycles. The number of likely N-dealkylation sites (tertiary alicyclic amines) is 1. The highest BCUT2D eigenvalue weighted by molar-refractivity contribution is 5.89. The van der Waals surface area contributed by atoms with Gasteiger partial charge in [-0.25, -0.2) is 9.48 Å². The molecule has 1 aromatic heterocycles. The molecule has 0 saturated carbocycles. The summed E-state index contributed by atoms with van der Waals surface area (Å²) >= 11 is 0. The van der Waals surface area contributed by atoms with Crippen molar-refractivity contribution in [1.82, 2.24) is 14.7 Å². The van der Waals surface area contributed by atoms with E-state index in [9.17, 15) is 9.90 Å². The number of benzene rings is 1. The van der Waals surface area contributed by atoms with Crippen LogP contribution in [0.4, 0.5) is 10.6 Å². The summed E-state index contributed by atoms with van der Waals surface area (Å²) in [5, 5.41) is 17.1. The molecule has 6 heteroatoms. The maximum atomic E-state index is 12.2. The molecule has 1 aromatic carbocycles. The number of carbonyl (C=O) groups is 1. The Kier molecular flexibility index (Phi) is 3.62. The van der Waals surface area contributed by atoms with Gasteiger partial charge in [0.1, 0.15) is 5.82 Å². The molecule has 0 aliphatic carbocycles. The second-order valence-electron chi connectivity index (χ2n) is 5.78. The molecular weight excluding hydrogens is 280 g/mol. The molecule has 2 N–H and O–H groups in total. The highest BCUT2D eigenvalue weighted by Gasteiger charge is 2.42. The zero-order valence-electron chi connectivity index (χ0n) is 12.8. The van der Waals surface area contributed by atoms with E-state index < -0.39 is 5.60 Å². The number of para-hydroxylation sites is 1. The average Bonchev–Trinajstić information content (AvgIpc) is 2.92. The predicted octanol–water partition coefficient (Wildman–Crippen LogP) is 2.17. The summed E-state index contributed by atoms with van der Waals surface area (Å²) in [6.45, 7) is 4.66. The fourth-order valence-electron chi connectivity index (χ4n) is 2.61. The van der Waals surface area contributed by atoms with Gasteiger partial charge in [-0.3, -0.25) is 5.32 Å². The number of rotatable bonds is 3. The topological polar surface area (TPSA) is 70.4 Å². The first-order valence-electron chi connectivity index (χ1n) is 7.41. The first-order chi connectivity index (χ1) is 10.5. The molecule has 2 aromatic rings. The predicted molar refractivity (Wildman–Crippen MR) is 84.1 cm³/mol. The van der Waals surface area contributed by atoms with Crippen molar-refractivity contribution in [3.05, 3.63) is 42.1 Å². The molecule has 0 spiro atoms. The zero-order chi connectivity index (χ0) is 15.7. The lowest BCUT2D eigenvalue weighted by Crippen LogP contribution is -2.64. The Labute approximate surface area is 129 Å². The van der Waals surface area contributed by atoms with Crippen molar-refractivity contribution in [2.45, 2.75) is 25.9 Å². The number of amides is 2. The molecule has 1 aliphatic rings. The fourth-order valence-corrected chi connectivity index (χ4v) is 2.61. The van der Waals surface area contributed by atoms with E-state index in [0.29, 0.717) is 25.3 Å². The number of aliphatic hydroxyl groups is 1. The number of carbonyl (C=O) groups excluding carboxylic acids is 1. The van der Waals surface area contributed by atoms with E-state index in [0.717, 1.165) is 11.3 Å². The van der Waals surface area contributed by atoms with Crippen LogP contribution >= 0.6 is 0 Å². The second-order valence-corrected chi connectivity index (χ2v) is 5.78. The summed E-state index contributed by atoms with van der Waals surface area (Å²) in [5.74, 6) is 0.617. The molecular formula is C16H20N4O2. The van der Waals surface area contributed by atoms with Crippen LogP contribution in [0.25, 0.3) is 5.69 Å². The summed E-state index contributed by atoms with van der Waals surface area (Å²) in [6.07, 6.45) is 2.30. The van der Waals surface area contributed by atoms with Crippen LogP contribution in [0.5, 0.6) is 0 Å². The summed E-state index contributed by atoms with van der Waals surface area (Å²) in [5.41, 5.74) is 1.27. The Morgan fingerprint density at radius 3 is 2.77 bits per heavy atom.